The number of hydrogen-bond donors (Lipinski definition) is 0. The van der Waals surface area contributed by atoms with Gasteiger partial charge < -0.3 is 14.2 Å². The molecule has 1 unspecified atom stereocenters. The van der Waals surface area contributed by atoms with Gasteiger partial charge in [-0.15, -0.1) is 0 Å². The van der Waals surface area contributed by atoms with Crippen molar-refractivity contribution in [2.75, 3.05) is 13.2 Å². The third kappa shape index (κ3) is 44.0. The lowest BCUT2D eigenvalue weighted by molar-refractivity contribution is -0.167. The van der Waals surface area contributed by atoms with E-state index in [0.717, 1.165) is 75.5 Å². The summed E-state index contributed by atoms with van der Waals surface area (Å²) in [7, 11) is 0. The highest BCUT2D eigenvalue weighted by Gasteiger charge is 2.19. The van der Waals surface area contributed by atoms with Gasteiger partial charge in [-0.3, -0.25) is 14.4 Å². The minimum absolute atomic E-state index is 0.0653. The standard InChI is InChI=1S/C52H100O6/c1-7-48(6)40-34-28-22-18-19-24-30-36-42-51(54)57-45-49(44-56-50(53)41-35-29-23-17-13-15-21-27-33-39-47(4)5)58-52(55)43-37-31-25-16-12-10-8-9-11-14-20-26-32-38-46(2)3/h46-49H,7-45H2,1-6H3/t48?,49-/m1/s1. The van der Waals surface area contributed by atoms with E-state index in [1.54, 1.807) is 0 Å². The number of unbranched alkanes of at least 4 members (excludes halogenated alkanes) is 27. The van der Waals surface area contributed by atoms with E-state index in [1.165, 1.54) is 161 Å². The van der Waals surface area contributed by atoms with Gasteiger partial charge in [-0.1, -0.05) is 241 Å². The zero-order chi connectivity index (χ0) is 42.7. The molecule has 0 radical (unpaired) electrons. The second-order valence-corrected chi connectivity index (χ2v) is 19.0. The largest absolute Gasteiger partial charge is 0.462 e. The SMILES string of the molecule is CCC(C)CCCCCCCCCCC(=O)OC[C@@H](COC(=O)CCCCCCCCCCCC(C)C)OC(=O)CCCCCCCCCCCCCCCC(C)C. The van der Waals surface area contributed by atoms with E-state index in [9.17, 15) is 14.4 Å². The third-order valence-corrected chi connectivity index (χ3v) is 12.0. The Labute approximate surface area is 361 Å². The average molecular weight is 821 g/mol. The summed E-state index contributed by atoms with van der Waals surface area (Å²) in [6, 6.07) is 0. The van der Waals surface area contributed by atoms with E-state index < -0.39 is 6.10 Å². The third-order valence-electron chi connectivity index (χ3n) is 12.0. The van der Waals surface area contributed by atoms with Gasteiger partial charge in [0.15, 0.2) is 6.10 Å². The Hall–Kier alpha value is -1.59. The monoisotopic (exact) mass is 821 g/mol. The fourth-order valence-corrected chi connectivity index (χ4v) is 7.73. The van der Waals surface area contributed by atoms with E-state index in [2.05, 4.69) is 41.5 Å². The van der Waals surface area contributed by atoms with Crippen LogP contribution < -0.4 is 0 Å². The van der Waals surface area contributed by atoms with Gasteiger partial charge in [0.05, 0.1) is 0 Å². The maximum atomic E-state index is 12.8. The molecule has 58 heavy (non-hydrogen) atoms. The molecule has 0 aliphatic rings. The number of rotatable bonds is 45. The highest BCUT2D eigenvalue weighted by Crippen LogP contribution is 2.18. The molecule has 0 aromatic carbocycles. The van der Waals surface area contributed by atoms with Crippen LogP contribution in [0.25, 0.3) is 0 Å². The van der Waals surface area contributed by atoms with E-state index in [0.29, 0.717) is 19.3 Å². The summed E-state index contributed by atoms with van der Waals surface area (Å²) >= 11 is 0. The van der Waals surface area contributed by atoms with Gasteiger partial charge in [0.1, 0.15) is 13.2 Å². The van der Waals surface area contributed by atoms with Crippen molar-refractivity contribution < 1.29 is 28.6 Å². The van der Waals surface area contributed by atoms with Gasteiger partial charge in [0, 0.05) is 19.3 Å². The lowest BCUT2D eigenvalue weighted by Gasteiger charge is -2.18. The maximum Gasteiger partial charge on any atom is 0.306 e. The number of esters is 3. The van der Waals surface area contributed by atoms with Gasteiger partial charge in [-0.2, -0.15) is 0 Å². The topological polar surface area (TPSA) is 78.9 Å². The van der Waals surface area contributed by atoms with Crippen LogP contribution in [0, 0.1) is 17.8 Å². The smallest absolute Gasteiger partial charge is 0.306 e. The van der Waals surface area contributed by atoms with Crippen LogP contribution in [0.4, 0.5) is 0 Å². The number of carbonyl (C=O) groups is 3. The molecule has 344 valence electrons. The van der Waals surface area contributed by atoms with Crippen molar-refractivity contribution in [2.45, 2.75) is 285 Å². The van der Waals surface area contributed by atoms with Crippen molar-refractivity contribution >= 4 is 17.9 Å². The molecular weight excluding hydrogens is 721 g/mol. The van der Waals surface area contributed by atoms with Crippen LogP contribution in [-0.4, -0.2) is 37.2 Å². The van der Waals surface area contributed by atoms with Crippen molar-refractivity contribution in [3.05, 3.63) is 0 Å². The molecule has 0 fully saturated rings. The predicted molar refractivity (Wildman–Crippen MR) is 247 cm³/mol. The minimum atomic E-state index is -0.763. The van der Waals surface area contributed by atoms with Crippen LogP contribution >= 0.6 is 0 Å². The number of ether oxygens (including phenoxy) is 3. The zero-order valence-electron chi connectivity index (χ0n) is 39.8. The fraction of sp³-hybridized carbons (Fsp3) is 0.942. The highest BCUT2D eigenvalue weighted by atomic mass is 16.6. The van der Waals surface area contributed by atoms with Crippen LogP contribution in [0.1, 0.15) is 279 Å². The first kappa shape index (κ1) is 56.4. The molecule has 0 aromatic rings. The molecule has 0 spiro atoms. The second kappa shape index (κ2) is 43.5. The fourth-order valence-electron chi connectivity index (χ4n) is 7.73. The van der Waals surface area contributed by atoms with Crippen LogP contribution in [0.2, 0.25) is 0 Å². The van der Waals surface area contributed by atoms with Crippen molar-refractivity contribution in [2.24, 2.45) is 17.8 Å². The first-order valence-electron chi connectivity index (χ1n) is 25.6. The van der Waals surface area contributed by atoms with E-state index in [4.69, 9.17) is 14.2 Å². The molecule has 0 amide bonds. The average Bonchev–Trinajstić information content (AvgIpc) is 3.19. The van der Waals surface area contributed by atoms with Crippen LogP contribution in [-0.2, 0) is 28.6 Å². The lowest BCUT2D eigenvalue weighted by atomic mass is 9.99. The Balaban J connectivity index is 4.33. The van der Waals surface area contributed by atoms with E-state index in [1.807, 2.05) is 0 Å². The maximum absolute atomic E-state index is 12.8. The number of carbonyl (C=O) groups excluding carboxylic acids is 3. The summed E-state index contributed by atoms with van der Waals surface area (Å²) in [5, 5.41) is 0. The molecule has 0 aromatic heterocycles. The molecule has 0 aliphatic carbocycles. The molecule has 0 rings (SSSR count). The molecule has 0 aliphatic heterocycles. The molecule has 0 N–H and O–H groups in total. The second-order valence-electron chi connectivity index (χ2n) is 19.0. The zero-order valence-corrected chi connectivity index (χ0v) is 39.8. The summed E-state index contributed by atoms with van der Waals surface area (Å²) < 4.78 is 16.8. The summed E-state index contributed by atoms with van der Waals surface area (Å²) in [6.07, 6.45) is 42.3. The molecule has 0 bridgehead atoms. The van der Waals surface area contributed by atoms with Crippen molar-refractivity contribution in [3.8, 4) is 0 Å². The Morgan fingerprint density at radius 3 is 0.897 bits per heavy atom. The summed E-state index contributed by atoms with van der Waals surface area (Å²) in [6.45, 7) is 13.7. The minimum Gasteiger partial charge on any atom is -0.462 e. The Kier molecular flexibility index (Phi) is 42.3. The molecule has 2 atom stereocenters. The predicted octanol–water partition coefficient (Wildman–Crippen LogP) is 16.4. The Bertz CT molecular complexity index is 900. The normalized spacial score (nSPS) is 12.6. The summed E-state index contributed by atoms with van der Waals surface area (Å²) in [5.74, 6) is 1.64. The first-order valence-corrected chi connectivity index (χ1v) is 25.6. The molecule has 0 saturated carbocycles. The molecule has 6 heteroatoms. The van der Waals surface area contributed by atoms with Crippen molar-refractivity contribution in [1.29, 1.82) is 0 Å². The van der Waals surface area contributed by atoms with Gasteiger partial charge in [0.2, 0.25) is 0 Å². The number of hydrogen-bond acceptors (Lipinski definition) is 6. The Morgan fingerprint density at radius 2 is 0.603 bits per heavy atom. The van der Waals surface area contributed by atoms with Crippen LogP contribution in [0.3, 0.4) is 0 Å². The van der Waals surface area contributed by atoms with Gasteiger partial charge in [-0.05, 0) is 37.0 Å². The summed E-state index contributed by atoms with van der Waals surface area (Å²) in [4.78, 5) is 37.9. The first-order chi connectivity index (χ1) is 28.1. The summed E-state index contributed by atoms with van der Waals surface area (Å²) in [5.41, 5.74) is 0. The van der Waals surface area contributed by atoms with Crippen LogP contribution in [0.15, 0.2) is 0 Å². The highest BCUT2D eigenvalue weighted by molar-refractivity contribution is 5.71. The molecule has 6 nitrogen and oxygen atoms in total. The van der Waals surface area contributed by atoms with Crippen molar-refractivity contribution in [1.82, 2.24) is 0 Å². The quantitative estimate of drug-likeness (QED) is 0.0346. The molecule has 0 saturated heterocycles. The molecule has 0 heterocycles. The van der Waals surface area contributed by atoms with Crippen molar-refractivity contribution in [3.63, 3.8) is 0 Å². The van der Waals surface area contributed by atoms with Gasteiger partial charge in [-0.25, -0.2) is 0 Å². The van der Waals surface area contributed by atoms with Crippen LogP contribution in [0.5, 0.6) is 0 Å². The lowest BCUT2D eigenvalue weighted by Crippen LogP contribution is -2.30. The van der Waals surface area contributed by atoms with Gasteiger partial charge >= 0.3 is 17.9 Å². The molecular formula is C52H100O6. The van der Waals surface area contributed by atoms with Gasteiger partial charge in [0.25, 0.3) is 0 Å². The Morgan fingerprint density at radius 1 is 0.345 bits per heavy atom. The van der Waals surface area contributed by atoms with E-state index in [-0.39, 0.29) is 31.1 Å². The van der Waals surface area contributed by atoms with E-state index >= 15 is 0 Å².